The van der Waals surface area contributed by atoms with Crippen LogP contribution in [0.25, 0.3) is 28.2 Å². The fraction of sp³-hybridized carbons (Fsp3) is 0.118. The van der Waals surface area contributed by atoms with Gasteiger partial charge >= 0.3 is 0 Å². The van der Waals surface area contributed by atoms with Crippen LogP contribution in [0, 0.1) is 18.3 Å². The molecule has 0 radical (unpaired) electrons. The van der Waals surface area contributed by atoms with E-state index in [0.717, 1.165) is 45.0 Å². The lowest BCUT2D eigenvalue weighted by Crippen LogP contribution is -2.20. The predicted octanol–water partition coefficient (Wildman–Crippen LogP) is 6.78. The number of aryl methyl sites for hydroxylation is 1. The average molecular weight is 572 g/mol. The Morgan fingerprint density at radius 1 is 1.00 bits per heavy atom. The van der Waals surface area contributed by atoms with Crippen molar-refractivity contribution < 1.29 is 9.53 Å². The van der Waals surface area contributed by atoms with Gasteiger partial charge in [-0.15, -0.1) is 0 Å². The molecule has 0 aliphatic heterocycles. The van der Waals surface area contributed by atoms with Crippen LogP contribution in [-0.2, 0) is 16.1 Å². The first-order valence-electron chi connectivity index (χ1n) is 13.3. The molecule has 5 rings (SSSR count). The summed E-state index contributed by atoms with van der Waals surface area (Å²) < 4.78 is 7.44. The second kappa shape index (κ2) is 13.6. The molecular formula is C34H29N5O2S. The highest BCUT2D eigenvalue weighted by molar-refractivity contribution is 8.00. The van der Waals surface area contributed by atoms with Gasteiger partial charge in [-0.25, -0.2) is 10.4 Å². The van der Waals surface area contributed by atoms with E-state index in [1.165, 1.54) is 11.8 Å². The van der Waals surface area contributed by atoms with Gasteiger partial charge in [-0.1, -0.05) is 90.6 Å². The number of hydrazone groups is 1. The van der Waals surface area contributed by atoms with Gasteiger partial charge in [0.05, 0.1) is 35.5 Å². The fourth-order valence-corrected chi connectivity index (χ4v) is 5.59. The lowest BCUT2D eigenvalue weighted by molar-refractivity contribution is -0.118. The molecule has 8 heteroatoms. The van der Waals surface area contributed by atoms with Gasteiger partial charge in [0.2, 0.25) is 5.91 Å². The molecule has 1 N–H and O–H groups in total. The predicted molar refractivity (Wildman–Crippen MR) is 168 cm³/mol. The van der Waals surface area contributed by atoms with Crippen LogP contribution in [0.3, 0.4) is 0 Å². The first-order chi connectivity index (χ1) is 20.6. The maximum Gasteiger partial charge on any atom is 0.250 e. The summed E-state index contributed by atoms with van der Waals surface area (Å²) in [6.45, 7) is 2.15. The second-order valence-electron chi connectivity index (χ2n) is 9.47. The van der Waals surface area contributed by atoms with Gasteiger partial charge in [0.1, 0.15) is 11.1 Å². The molecule has 0 aliphatic rings. The summed E-state index contributed by atoms with van der Waals surface area (Å²) in [4.78, 5) is 17.3. The van der Waals surface area contributed by atoms with E-state index in [0.29, 0.717) is 17.2 Å². The van der Waals surface area contributed by atoms with E-state index < -0.39 is 0 Å². The molecular weight excluding hydrogens is 542 g/mol. The molecule has 0 fully saturated rings. The number of pyridine rings is 1. The number of nitrogens with zero attached hydrogens (tertiary/aromatic N) is 4. The Kier molecular flexibility index (Phi) is 9.24. The molecule has 0 spiro atoms. The molecule has 1 amide bonds. The van der Waals surface area contributed by atoms with Crippen molar-refractivity contribution in [1.82, 2.24) is 15.0 Å². The minimum atomic E-state index is -0.302. The first-order valence-corrected chi connectivity index (χ1v) is 14.3. The molecule has 2 heterocycles. The minimum Gasteiger partial charge on any atom is -0.380 e. The molecule has 0 aliphatic carbocycles. The largest absolute Gasteiger partial charge is 0.380 e. The second-order valence-corrected chi connectivity index (χ2v) is 10.4. The summed E-state index contributed by atoms with van der Waals surface area (Å²) in [6, 6.07) is 36.6. The number of amides is 1. The van der Waals surface area contributed by atoms with E-state index in [9.17, 15) is 10.1 Å². The number of ether oxygens (including phenoxy) is 1. The van der Waals surface area contributed by atoms with Crippen molar-refractivity contribution in [2.75, 3.05) is 12.9 Å². The molecule has 0 bridgehead atoms. The van der Waals surface area contributed by atoms with Crippen LogP contribution in [-0.4, -0.2) is 34.5 Å². The first kappa shape index (κ1) is 28.6. The van der Waals surface area contributed by atoms with Gasteiger partial charge in [-0.05, 0) is 47.9 Å². The summed E-state index contributed by atoms with van der Waals surface area (Å²) in [6.07, 6.45) is 1.68. The van der Waals surface area contributed by atoms with Crippen LogP contribution in [0.4, 0.5) is 0 Å². The highest BCUT2D eigenvalue weighted by atomic mass is 32.2. The van der Waals surface area contributed by atoms with E-state index in [-0.39, 0.29) is 11.7 Å². The summed E-state index contributed by atoms with van der Waals surface area (Å²) in [5, 5.41) is 14.5. The third-order valence-electron chi connectivity index (χ3n) is 6.50. The van der Waals surface area contributed by atoms with Gasteiger partial charge in [0.15, 0.2) is 0 Å². The smallest absolute Gasteiger partial charge is 0.250 e. The van der Waals surface area contributed by atoms with Crippen LogP contribution in [0.15, 0.2) is 113 Å². The highest BCUT2D eigenvalue weighted by Crippen LogP contribution is 2.35. The van der Waals surface area contributed by atoms with Gasteiger partial charge in [0, 0.05) is 24.1 Å². The number of para-hydroxylation sites is 1. The van der Waals surface area contributed by atoms with E-state index in [1.807, 2.05) is 67.6 Å². The third kappa shape index (κ3) is 6.50. The van der Waals surface area contributed by atoms with Crippen molar-refractivity contribution in [1.29, 1.82) is 5.26 Å². The number of methoxy groups -OCH3 is 1. The Bertz CT molecular complexity index is 1740. The van der Waals surface area contributed by atoms with Crippen LogP contribution in [0.5, 0.6) is 0 Å². The zero-order chi connectivity index (χ0) is 29.3. The van der Waals surface area contributed by atoms with Crippen molar-refractivity contribution in [2.24, 2.45) is 5.10 Å². The van der Waals surface area contributed by atoms with Crippen LogP contribution in [0.2, 0.25) is 0 Å². The maximum atomic E-state index is 12.8. The van der Waals surface area contributed by atoms with Gasteiger partial charge in [-0.3, -0.25) is 4.79 Å². The standard InChI is InChI=1S/C34H29N5O2S/c1-24-18-28(22-41-2)30(20-35)34(37-24)42-23-32(40)38-36-21-27-19-31(25-12-6-3-7-13-25)39(29-16-10-5-11-17-29)33(27)26-14-8-4-9-15-26/h3-19,21H,22-23H2,1-2H3,(H,38,40)/b36-21-. The Hall–Kier alpha value is -4.97. The van der Waals surface area contributed by atoms with Crippen molar-refractivity contribution in [3.63, 3.8) is 0 Å². The molecule has 42 heavy (non-hydrogen) atoms. The molecule has 5 aromatic rings. The number of hydrogen-bond donors (Lipinski definition) is 1. The Balaban J connectivity index is 1.44. The number of nitrogens with one attached hydrogen (secondary N) is 1. The summed E-state index contributed by atoms with van der Waals surface area (Å²) in [5.41, 5.74) is 10.5. The van der Waals surface area contributed by atoms with Crippen LogP contribution >= 0.6 is 11.8 Å². The lowest BCUT2D eigenvalue weighted by atomic mass is 10.1. The Labute approximate surface area is 249 Å². The summed E-state index contributed by atoms with van der Waals surface area (Å²) in [7, 11) is 1.58. The number of benzene rings is 3. The lowest BCUT2D eigenvalue weighted by Gasteiger charge is -2.15. The number of carbonyl (C=O) groups excluding carboxylic acids is 1. The van der Waals surface area contributed by atoms with Gasteiger partial charge in [0.25, 0.3) is 0 Å². The van der Waals surface area contributed by atoms with Crippen LogP contribution in [0.1, 0.15) is 22.4 Å². The number of hydrogen-bond acceptors (Lipinski definition) is 6. The number of carbonyl (C=O) groups is 1. The van der Waals surface area contributed by atoms with E-state index in [4.69, 9.17) is 4.74 Å². The molecule has 0 atom stereocenters. The summed E-state index contributed by atoms with van der Waals surface area (Å²) in [5.74, 6) is -0.246. The van der Waals surface area contributed by atoms with Crippen molar-refractivity contribution in [3.8, 4) is 34.3 Å². The monoisotopic (exact) mass is 571 g/mol. The molecule has 3 aromatic carbocycles. The molecule has 0 saturated heterocycles. The van der Waals surface area contributed by atoms with Gasteiger partial charge < -0.3 is 9.30 Å². The normalized spacial score (nSPS) is 11.0. The molecule has 0 saturated carbocycles. The minimum absolute atomic E-state index is 0.0563. The Morgan fingerprint density at radius 2 is 1.64 bits per heavy atom. The van der Waals surface area contributed by atoms with E-state index in [1.54, 1.807) is 13.3 Å². The third-order valence-corrected chi connectivity index (χ3v) is 7.48. The SMILES string of the molecule is COCc1cc(C)nc(SCC(=O)N/N=C\c2cc(-c3ccccc3)n(-c3ccccc3)c2-c2ccccc2)c1C#N. The topological polar surface area (TPSA) is 92.3 Å². The maximum absolute atomic E-state index is 12.8. The average Bonchev–Trinajstić information content (AvgIpc) is 3.41. The number of nitriles is 1. The van der Waals surface area contributed by atoms with Crippen molar-refractivity contribution in [2.45, 2.75) is 18.6 Å². The number of aromatic nitrogens is 2. The highest BCUT2D eigenvalue weighted by Gasteiger charge is 2.19. The molecule has 0 unspecified atom stereocenters. The molecule has 208 valence electrons. The fourth-order valence-electron chi connectivity index (χ4n) is 4.73. The number of thioether (sulfide) groups is 1. The number of rotatable bonds is 10. The van der Waals surface area contributed by atoms with Gasteiger partial charge in [-0.2, -0.15) is 10.4 Å². The molecule has 7 nitrogen and oxygen atoms in total. The zero-order valence-corrected chi connectivity index (χ0v) is 24.1. The molecule has 2 aromatic heterocycles. The zero-order valence-electron chi connectivity index (χ0n) is 23.3. The Morgan fingerprint density at radius 3 is 2.29 bits per heavy atom. The van der Waals surface area contributed by atoms with E-state index in [2.05, 4.69) is 68.6 Å². The van der Waals surface area contributed by atoms with Crippen LogP contribution < -0.4 is 5.43 Å². The quantitative estimate of drug-likeness (QED) is 0.113. The van der Waals surface area contributed by atoms with Crippen molar-refractivity contribution in [3.05, 3.63) is 126 Å². The van der Waals surface area contributed by atoms with Crippen molar-refractivity contribution >= 4 is 23.9 Å². The summed E-state index contributed by atoms with van der Waals surface area (Å²) >= 11 is 1.20. The van der Waals surface area contributed by atoms with E-state index >= 15 is 0 Å².